The summed E-state index contributed by atoms with van der Waals surface area (Å²) >= 11 is 0. The van der Waals surface area contributed by atoms with Gasteiger partial charge in [0.25, 0.3) is 0 Å². The Labute approximate surface area is 118 Å². The quantitative estimate of drug-likeness (QED) is 0.922. The molecule has 1 aromatic rings. The fraction of sp³-hybridized carbons (Fsp3) is 0.625. The van der Waals surface area contributed by atoms with E-state index in [1.807, 2.05) is 12.1 Å². The second-order valence-corrected chi connectivity index (χ2v) is 6.28. The lowest BCUT2D eigenvalue weighted by Gasteiger charge is -2.39. The molecule has 1 aliphatic carbocycles. The Morgan fingerprint density at radius 3 is 2.60 bits per heavy atom. The van der Waals surface area contributed by atoms with Crippen molar-refractivity contribution in [1.29, 1.82) is 0 Å². The van der Waals surface area contributed by atoms with Gasteiger partial charge in [-0.2, -0.15) is 0 Å². The van der Waals surface area contributed by atoms with Crippen LogP contribution in [0.3, 0.4) is 0 Å². The molecule has 4 heteroatoms. The van der Waals surface area contributed by atoms with Crippen LogP contribution in [0.25, 0.3) is 0 Å². The average Bonchev–Trinajstić information content (AvgIpc) is 2.89. The first kappa shape index (κ1) is 13.8. The van der Waals surface area contributed by atoms with E-state index in [0.29, 0.717) is 19.4 Å². The Bertz CT molecular complexity index is 491. The molecule has 0 unspecified atom stereocenters. The Hall–Kier alpha value is -1.16. The fourth-order valence-corrected chi connectivity index (χ4v) is 3.38. The third-order valence-corrected chi connectivity index (χ3v) is 4.81. The van der Waals surface area contributed by atoms with Crippen LogP contribution in [0.15, 0.2) is 18.2 Å². The van der Waals surface area contributed by atoms with Crippen molar-refractivity contribution < 1.29 is 13.5 Å². The summed E-state index contributed by atoms with van der Waals surface area (Å²) in [5.74, 6) is -1.53. The SMILES string of the molecule is NCC1(Cc2ccc3c(c2)CCO3)CCC(F)(F)CC1. The van der Waals surface area contributed by atoms with Crippen LogP contribution in [0.4, 0.5) is 8.78 Å². The van der Waals surface area contributed by atoms with Gasteiger partial charge in [0.2, 0.25) is 5.92 Å². The van der Waals surface area contributed by atoms with Gasteiger partial charge in [0.1, 0.15) is 5.75 Å². The van der Waals surface area contributed by atoms with Crippen LogP contribution in [0.1, 0.15) is 36.8 Å². The number of benzene rings is 1. The molecule has 110 valence electrons. The van der Waals surface area contributed by atoms with Gasteiger partial charge in [-0.1, -0.05) is 12.1 Å². The van der Waals surface area contributed by atoms with E-state index in [9.17, 15) is 8.78 Å². The lowest BCUT2D eigenvalue weighted by atomic mass is 9.69. The lowest BCUT2D eigenvalue weighted by Crippen LogP contribution is -2.40. The van der Waals surface area contributed by atoms with Crippen molar-refractivity contribution in [3.63, 3.8) is 0 Å². The third-order valence-electron chi connectivity index (χ3n) is 4.81. The van der Waals surface area contributed by atoms with Gasteiger partial charge < -0.3 is 10.5 Å². The van der Waals surface area contributed by atoms with E-state index in [-0.39, 0.29) is 18.3 Å². The maximum Gasteiger partial charge on any atom is 0.248 e. The van der Waals surface area contributed by atoms with Crippen LogP contribution >= 0.6 is 0 Å². The number of fused-ring (bicyclic) bond motifs is 1. The highest BCUT2D eigenvalue weighted by atomic mass is 19.3. The van der Waals surface area contributed by atoms with E-state index in [1.54, 1.807) is 0 Å². The molecular weight excluding hydrogens is 260 g/mol. The van der Waals surface area contributed by atoms with Crippen LogP contribution in [0, 0.1) is 5.41 Å². The molecule has 1 aromatic carbocycles. The summed E-state index contributed by atoms with van der Waals surface area (Å²) in [5.41, 5.74) is 8.19. The van der Waals surface area contributed by atoms with Crippen LogP contribution < -0.4 is 10.5 Å². The monoisotopic (exact) mass is 281 g/mol. The summed E-state index contributed by atoms with van der Waals surface area (Å²) in [6, 6.07) is 6.21. The second kappa shape index (κ2) is 4.99. The molecule has 0 radical (unpaired) electrons. The van der Waals surface area contributed by atoms with E-state index in [0.717, 1.165) is 25.2 Å². The molecule has 2 nitrogen and oxygen atoms in total. The second-order valence-electron chi connectivity index (χ2n) is 6.28. The summed E-state index contributed by atoms with van der Waals surface area (Å²) in [4.78, 5) is 0. The van der Waals surface area contributed by atoms with Crippen molar-refractivity contribution in [1.82, 2.24) is 0 Å². The smallest absolute Gasteiger partial charge is 0.248 e. The van der Waals surface area contributed by atoms with Crippen molar-refractivity contribution in [2.45, 2.75) is 44.4 Å². The fourth-order valence-electron chi connectivity index (χ4n) is 3.38. The predicted molar refractivity (Wildman–Crippen MR) is 74.2 cm³/mol. The number of hydrogen-bond acceptors (Lipinski definition) is 2. The zero-order valence-corrected chi connectivity index (χ0v) is 11.6. The minimum absolute atomic E-state index is 0.0295. The van der Waals surface area contributed by atoms with Gasteiger partial charge in [0, 0.05) is 19.3 Å². The van der Waals surface area contributed by atoms with E-state index >= 15 is 0 Å². The summed E-state index contributed by atoms with van der Waals surface area (Å²) in [6.45, 7) is 1.23. The zero-order valence-electron chi connectivity index (χ0n) is 11.6. The molecule has 0 bridgehead atoms. The number of alkyl halides is 2. The predicted octanol–water partition coefficient (Wildman–Crippen LogP) is 3.32. The third kappa shape index (κ3) is 2.66. The van der Waals surface area contributed by atoms with Crippen molar-refractivity contribution in [3.8, 4) is 5.75 Å². The van der Waals surface area contributed by atoms with Gasteiger partial charge >= 0.3 is 0 Å². The Kier molecular flexibility index (Phi) is 3.44. The maximum atomic E-state index is 13.3. The van der Waals surface area contributed by atoms with Crippen LogP contribution in [-0.2, 0) is 12.8 Å². The van der Waals surface area contributed by atoms with Gasteiger partial charge in [-0.05, 0) is 48.4 Å². The van der Waals surface area contributed by atoms with Crippen LogP contribution in [0.5, 0.6) is 5.75 Å². The molecule has 0 spiro atoms. The Morgan fingerprint density at radius 2 is 1.90 bits per heavy atom. The number of halogens is 2. The summed E-state index contributed by atoms with van der Waals surface area (Å²) in [7, 11) is 0. The molecule has 1 heterocycles. The molecular formula is C16H21F2NO. The van der Waals surface area contributed by atoms with E-state index in [1.165, 1.54) is 11.1 Å². The Morgan fingerprint density at radius 1 is 1.15 bits per heavy atom. The molecule has 0 saturated heterocycles. The van der Waals surface area contributed by atoms with E-state index in [4.69, 9.17) is 10.5 Å². The van der Waals surface area contributed by atoms with Crippen molar-refractivity contribution in [2.24, 2.45) is 11.1 Å². The van der Waals surface area contributed by atoms with Gasteiger partial charge in [-0.25, -0.2) is 8.78 Å². The van der Waals surface area contributed by atoms with Gasteiger partial charge in [-0.15, -0.1) is 0 Å². The molecule has 1 aliphatic heterocycles. The minimum atomic E-state index is -2.50. The van der Waals surface area contributed by atoms with E-state index < -0.39 is 5.92 Å². The summed E-state index contributed by atoms with van der Waals surface area (Å²) < 4.78 is 32.2. The lowest BCUT2D eigenvalue weighted by molar-refractivity contribution is -0.0652. The van der Waals surface area contributed by atoms with Gasteiger partial charge in [0.15, 0.2) is 0 Å². The molecule has 2 N–H and O–H groups in total. The van der Waals surface area contributed by atoms with Crippen LogP contribution in [-0.4, -0.2) is 19.1 Å². The number of hydrogen-bond donors (Lipinski definition) is 1. The molecule has 0 aromatic heterocycles. The molecule has 0 atom stereocenters. The normalized spacial score (nSPS) is 23.1. The molecule has 0 amide bonds. The Balaban J connectivity index is 1.75. The van der Waals surface area contributed by atoms with Crippen LogP contribution in [0.2, 0.25) is 0 Å². The first-order valence-corrected chi connectivity index (χ1v) is 7.35. The largest absolute Gasteiger partial charge is 0.493 e. The van der Waals surface area contributed by atoms with Crippen molar-refractivity contribution in [3.05, 3.63) is 29.3 Å². The molecule has 1 fully saturated rings. The van der Waals surface area contributed by atoms with Gasteiger partial charge in [0.05, 0.1) is 6.61 Å². The summed E-state index contributed by atoms with van der Waals surface area (Å²) in [5, 5.41) is 0. The van der Waals surface area contributed by atoms with E-state index in [2.05, 4.69) is 6.07 Å². The summed E-state index contributed by atoms with van der Waals surface area (Å²) in [6.07, 6.45) is 2.72. The maximum absolute atomic E-state index is 13.3. The first-order chi connectivity index (χ1) is 9.52. The zero-order chi connectivity index (χ0) is 14.2. The van der Waals surface area contributed by atoms with Crippen molar-refractivity contribution >= 4 is 0 Å². The number of rotatable bonds is 3. The molecule has 1 saturated carbocycles. The highest BCUT2D eigenvalue weighted by molar-refractivity contribution is 5.40. The number of nitrogens with two attached hydrogens (primary N) is 1. The first-order valence-electron chi connectivity index (χ1n) is 7.35. The highest BCUT2D eigenvalue weighted by Crippen LogP contribution is 2.45. The standard InChI is InChI=1S/C16H21F2NO/c17-16(18)6-4-15(11-19,5-7-16)10-12-1-2-14-13(9-12)3-8-20-14/h1-2,9H,3-8,10-11,19H2. The van der Waals surface area contributed by atoms with Gasteiger partial charge in [-0.3, -0.25) is 0 Å². The minimum Gasteiger partial charge on any atom is -0.493 e. The molecule has 3 rings (SSSR count). The number of ether oxygens (including phenoxy) is 1. The average molecular weight is 281 g/mol. The molecule has 2 aliphatic rings. The molecule has 20 heavy (non-hydrogen) atoms. The topological polar surface area (TPSA) is 35.2 Å². The van der Waals surface area contributed by atoms with Crippen molar-refractivity contribution in [2.75, 3.05) is 13.2 Å². The highest BCUT2D eigenvalue weighted by Gasteiger charge is 2.42.